The van der Waals surface area contributed by atoms with Gasteiger partial charge in [0.15, 0.2) is 0 Å². The van der Waals surface area contributed by atoms with Crippen molar-refractivity contribution in [3.8, 4) is 0 Å². The van der Waals surface area contributed by atoms with Gasteiger partial charge in [0.2, 0.25) is 0 Å². The lowest BCUT2D eigenvalue weighted by Gasteiger charge is -1.75. The van der Waals surface area contributed by atoms with Crippen LogP contribution in [-0.2, 0) is 4.74 Å². The molecular formula is C3H5OS. The summed E-state index contributed by atoms with van der Waals surface area (Å²) in [5.74, 6) is 0. The van der Waals surface area contributed by atoms with Crippen LogP contribution in [0.2, 0.25) is 0 Å². The predicted octanol–water partition coefficient (Wildman–Crippen LogP) is 1.30. The highest BCUT2D eigenvalue weighted by Crippen LogP contribution is 1.73. The van der Waals surface area contributed by atoms with Crippen molar-refractivity contribution in [3.05, 3.63) is 11.7 Å². The van der Waals surface area contributed by atoms with Gasteiger partial charge in [0.25, 0.3) is 0 Å². The molecule has 0 aromatic heterocycles. The van der Waals surface area contributed by atoms with Crippen LogP contribution >= 0.6 is 12.6 Å². The Bertz CT molecular complexity index is 33.9. The first-order chi connectivity index (χ1) is 2.41. The monoisotopic (exact) mass is 89.0 g/mol. The fourth-order valence-corrected chi connectivity index (χ4v) is 0.167. The molecule has 1 radical (unpaired) electrons. The van der Waals surface area contributed by atoms with Crippen LogP contribution in [0.3, 0.4) is 0 Å². The zero-order chi connectivity index (χ0) is 4.12. The third kappa shape index (κ3) is 3.76. The van der Waals surface area contributed by atoms with E-state index in [1.54, 1.807) is 7.11 Å². The van der Waals surface area contributed by atoms with E-state index in [-0.39, 0.29) is 0 Å². The van der Waals surface area contributed by atoms with Gasteiger partial charge in [-0.1, -0.05) is 12.6 Å². The summed E-state index contributed by atoms with van der Waals surface area (Å²) in [4.78, 5) is 0. The van der Waals surface area contributed by atoms with E-state index < -0.39 is 0 Å². The topological polar surface area (TPSA) is 9.23 Å². The minimum atomic E-state index is 1.42. The fourth-order valence-electron chi connectivity index (χ4n) is 0.0556. The molecule has 0 bridgehead atoms. The van der Waals surface area contributed by atoms with Crippen LogP contribution < -0.4 is 0 Å². The second-order valence-electron chi connectivity index (χ2n) is 0.508. The van der Waals surface area contributed by atoms with Crippen LogP contribution in [0.15, 0.2) is 11.7 Å². The summed E-state index contributed by atoms with van der Waals surface area (Å²) in [6, 6.07) is 0. The molecule has 29 valence electrons. The van der Waals surface area contributed by atoms with Crippen LogP contribution in [0.5, 0.6) is 0 Å². The minimum absolute atomic E-state index is 1.42. The molecule has 2 heteroatoms. The summed E-state index contributed by atoms with van der Waals surface area (Å²) < 4.78 is 4.41. The highest BCUT2D eigenvalue weighted by molar-refractivity contribution is 7.83. The summed E-state index contributed by atoms with van der Waals surface area (Å²) in [6.07, 6.45) is 1.44. The van der Waals surface area contributed by atoms with Crippen molar-refractivity contribution in [1.82, 2.24) is 0 Å². The molecule has 0 heterocycles. The summed E-state index contributed by atoms with van der Waals surface area (Å²) in [5.41, 5.74) is 0. The largest absolute Gasteiger partial charge is 0.503 e. The van der Waals surface area contributed by atoms with Crippen LogP contribution in [-0.4, -0.2) is 7.11 Å². The SMILES string of the molecule is CO/C=C/[S]. The third-order valence-corrected chi connectivity index (χ3v) is 0.303. The van der Waals surface area contributed by atoms with Crippen molar-refractivity contribution in [2.45, 2.75) is 0 Å². The van der Waals surface area contributed by atoms with Gasteiger partial charge in [0.1, 0.15) is 0 Å². The smallest absolute Gasteiger partial charge is 0.0931 e. The zero-order valence-electron chi connectivity index (χ0n) is 2.97. The number of methoxy groups -OCH3 is 1. The first kappa shape index (κ1) is 4.76. The maximum absolute atomic E-state index is 4.41. The molecule has 0 aliphatic carbocycles. The molecule has 5 heavy (non-hydrogen) atoms. The number of hydrogen-bond acceptors (Lipinski definition) is 1. The van der Waals surface area contributed by atoms with Crippen molar-refractivity contribution in [3.63, 3.8) is 0 Å². The summed E-state index contributed by atoms with van der Waals surface area (Å²) in [7, 11) is 1.56. The van der Waals surface area contributed by atoms with Gasteiger partial charge >= 0.3 is 0 Å². The Labute approximate surface area is 37.0 Å². The Morgan fingerprint density at radius 3 is 2.40 bits per heavy atom. The third-order valence-electron chi connectivity index (χ3n) is 0.192. The minimum Gasteiger partial charge on any atom is -0.503 e. The van der Waals surface area contributed by atoms with Gasteiger partial charge in [-0.25, -0.2) is 0 Å². The normalized spacial score (nSPS) is 9.00. The van der Waals surface area contributed by atoms with E-state index in [0.717, 1.165) is 0 Å². The molecule has 0 fully saturated rings. The highest BCUT2D eigenvalue weighted by Gasteiger charge is 1.49. The fraction of sp³-hybridized carbons (Fsp3) is 0.333. The first-order valence-corrected chi connectivity index (χ1v) is 1.68. The molecule has 0 rings (SSSR count). The molecule has 0 aromatic rings. The zero-order valence-corrected chi connectivity index (χ0v) is 3.79. The summed E-state index contributed by atoms with van der Waals surface area (Å²) in [5, 5.41) is 1.42. The Hall–Kier alpha value is -0.240. The van der Waals surface area contributed by atoms with Crippen molar-refractivity contribution >= 4 is 12.6 Å². The quantitative estimate of drug-likeness (QED) is 0.440. The van der Waals surface area contributed by atoms with Crippen LogP contribution in [0.4, 0.5) is 0 Å². The standard InChI is InChI=1S/C3H5OS/c1-4-2-3-5/h2-3H,1H3/b3-2+. The Balaban J connectivity index is 2.62. The highest BCUT2D eigenvalue weighted by atomic mass is 32.1. The van der Waals surface area contributed by atoms with Crippen molar-refractivity contribution in [2.24, 2.45) is 0 Å². The molecule has 0 aliphatic rings. The molecule has 0 atom stereocenters. The molecule has 0 N–H and O–H groups in total. The van der Waals surface area contributed by atoms with E-state index in [0.29, 0.717) is 0 Å². The molecule has 0 aliphatic heterocycles. The van der Waals surface area contributed by atoms with E-state index in [2.05, 4.69) is 17.4 Å². The molecule has 1 nitrogen and oxygen atoms in total. The van der Waals surface area contributed by atoms with E-state index in [1.807, 2.05) is 0 Å². The molecule has 0 saturated heterocycles. The van der Waals surface area contributed by atoms with E-state index >= 15 is 0 Å². The molecule has 0 aromatic carbocycles. The Kier molecular flexibility index (Phi) is 3.58. The van der Waals surface area contributed by atoms with E-state index in [1.165, 1.54) is 11.7 Å². The van der Waals surface area contributed by atoms with E-state index in [9.17, 15) is 0 Å². The van der Waals surface area contributed by atoms with Gasteiger partial charge in [-0.2, -0.15) is 0 Å². The van der Waals surface area contributed by atoms with Gasteiger partial charge in [-0.15, -0.1) is 0 Å². The van der Waals surface area contributed by atoms with Crippen molar-refractivity contribution in [1.29, 1.82) is 0 Å². The Morgan fingerprint density at radius 1 is 1.80 bits per heavy atom. The summed E-state index contributed by atoms with van der Waals surface area (Å²) in [6.45, 7) is 0. The van der Waals surface area contributed by atoms with Crippen LogP contribution in [0.25, 0.3) is 0 Å². The summed E-state index contributed by atoms with van der Waals surface area (Å²) >= 11 is 4.35. The average Bonchev–Trinajstić information content (AvgIpc) is 1.41. The number of hydrogen-bond donors (Lipinski definition) is 0. The predicted molar refractivity (Wildman–Crippen MR) is 23.7 cm³/mol. The van der Waals surface area contributed by atoms with Crippen LogP contribution in [0, 0.1) is 0 Å². The molecule has 0 amide bonds. The van der Waals surface area contributed by atoms with Gasteiger partial charge in [0.05, 0.1) is 13.4 Å². The maximum Gasteiger partial charge on any atom is 0.0931 e. The molecule has 0 unspecified atom stereocenters. The van der Waals surface area contributed by atoms with Gasteiger partial charge < -0.3 is 4.74 Å². The number of rotatable bonds is 1. The second kappa shape index (κ2) is 3.76. The first-order valence-electron chi connectivity index (χ1n) is 1.21. The van der Waals surface area contributed by atoms with Crippen molar-refractivity contribution < 1.29 is 4.74 Å². The molecular weight excluding hydrogens is 84.1 g/mol. The second-order valence-corrected chi connectivity index (χ2v) is 0.780. The lowest BCUT2D eigenvalue weighted by atomic mass is 11.1. The van der Waals surface area contributed by atoms with Gasteiger partial charge in [0, 0.05) is 5.41 Å². The lowest BCUT2D eigenvalue weighted by molar-refractivity contribution is 0.339. The van der Waals surface area contributed by atoms with Gasteiger partial charge in [-0.05, 0) is 0 Å². The maximum atomic E-state index is 4.41. The Morgan fingerprint density at radius 2 is 2.40 bits per heavy atom. The number of ether oxygens (including phenoxy) is 1. The lowest BCUT2D eigenvalue weighted by Crippen LogP contribution is -1.56. The average molecular weight is 89.1 g/mol. The van der Waals surface area contributed by atoms with Crippen LogP contribution in [0.1, 0.15) is 0 Å². The van der Waals surface area contributed by atoms with Crippen molar-refractivity contribution in [2.75, 3.05) is 7.11 Å². The molecule has 0 spiro atoms. The van der Waals surface area contributed by atoms with Gasteiger partial charge in [-0.3, -0.25) is 0 Å². The van der Waals surface area contributed by atoms with E-state index in [4.69, 9.17) is 0 Å². The molecule has 0 saturated carbocycles.